The van der Waals surface area contributed by atoms with E-state index in [1.807, 2.05) is 13.8 Å². The smallest absolute Gasteiger partial charge is 0.237 e. The quantitative estimate of drug-likeness (QED) is 0.538. The zero-order chi connectivity index (χ0) is 9.35. The molecule has 68 valence electrons. The summed E-state index contributed by atoms with van der Waals surface area (Å²) in [5.74, 6) is -0.347. The SMILES string of the molecule is CC(C)C1(C)C(=O)NCNC1=O. The van der Waals surface area contributed by atoms with Crippen LogP contribution in [0.15, 0.2) is 0 Å². The van der Waals surface area contributed by atoms with Crippen LogP contribution in [0.25, 0.3) is 0 Å². The second-order valence-electron chi connectivity index (χ2n) is 3.55. The highest BCUT2D eigenvalue weighted by Gasteiger charge is 2.45. The molecule has 0 aromatic heterocycles. The molecule has 1 aliphatic heterocycles. The minimum absolute atomic E-state index is 0.0119. The Morgan fingerprint density at radius 1 is 1.25 bits per heavy atom. The average Bonchev–Trinajstić information content (AvgIpc) is 1.99. The summed E-state index contributed by atoms with van der Waals surface area (Å²) in [4.78, 5) is 22.8. The largest absolute Gasteiger partial charge is 0.338 e. The molecule has 0 aromatic carbocycles. The summed E-state index contributed by atoms with van der Waals surface area (Å²) < 4.78 is 0. The predicted molar refractivity (Wildman–Crippen MR) is 44.1 cm³/mol. The third kappa shape index (κ3) is 1.07. The van der Waals surface area contributed by atoms with Gasteiger partial charge in [-0.1, -0.05) is 13.8 Å². The fraction of sp³-hybridized carbons (Fsp3) is 0.750. The lowest BCUT2D eigenvalue weighted by Crippen LogP contribution is -2.60. The molecule has 1 fully saturated rings. The molecule has 0 radical (unpaired) electrons. The molecule has 1 heterocycles. The first-order valence-corrected chi connectivity index (χ1v) is 4.06. The third-order valence-electron chi connectivity index (χ3n) is 2.60. The Morgan fingerprint density at radius 3 is 1.92 bits per heavy atom. The molecule has 2 amide bonds. The highest BCUT2D eigenvalue weighted by Crippen LogP contribution is 2.28. The zero-order valence-electron chi connectivity index (χ0n) is 7.60. The summed E-state index contributed by atoms with van der Waals surface area (Å²) >= 11 is 0. The number of nitrogens with one attached hydrogen (secondary N) is 2. The van der Waals surface area contributed by atoms with E-state index < -0.39 is 5.41 Å². The number of carbonyl (C=O) groups is 2. The Labute approximate surface area is 71.7 Å². The summed E-state index contributed by atoms with van der Waals surface area (Å²) in [5, 5.41) is 5.23. The Hall–Kier alpha value is -1.06. The Balaban J connectivity index is 2.96. The van der Waals surface area contributed by atoms with Crippen molar-refractivity contribution in [3.05, 3.63) is 0 Å². The van der Waals surface area contributed by atoms with E-state index in [4.69, 9.17) is 0 Å². The van der Waals surface area contributed by atoms with Crippen molar-refractivity contribution in [2.75, 3.05) is 6.67 Å². The summed E-state index contributed by atoms with van der Waals surface area (Å²) in [7, 11) is 0. The predicted octanol–water partition coefficient (Wildman–Crippen LogP) is -0.148. The van der Waals surface area contributed by atoms with Crippen molar-refractivity contribution in [1.82, 2.24) is 10.6 Å². The maximum Gasteiger partial charge on any atom is 0.237 e. The van der Waals surface area contributed by atoms with E-state index in [-0.39, 0.29) is 24.4 Å². The second kappa shape index (κ2) is 2.77. The van der Waals surface area contributed by atoms with Gasteiger partial charge in [0.25, 0.3) is 0 Å². The molecule has 4 heteroatoms. The lowest BCUT2D eigenvalue weighted by Gasteiger charge is -2.34. The van der Waals surface area contributed by atoms with Crippen LogP contribution in [0.2, 0.25) is 0 Å². The van der Waals surface area contributed by atoms with Crippen LogP contribution in [0.4, 0.5) is 0 Å². The van der Waals surface area contributed by atoms with Crippen molar-refractivity contribution >= 4 is 11.8 Å². The van der Waals surface area contributed by atoms with Crippen molar-refractivity contribution in [2.24, 2.45) is 11.3 Å². The van der Waals surface area contributed by atoms with Gasteiger partial charge in [0, 0.05) is 0 Å². The number of carbonyl (C=O) groups excluding carboxylic acids is 2. The Morgan fingerprint density at radius 2 is 1.67 bits per heavy atom. The van der Waals surface area contributed by atoms with Crippen molar-refractivity contribution in [1.29, 1.82) is 0 Å². The minimum atomic E-state index is -0.905. The van der Waals surface area contributed by atoms with Crippen LogP contribution in [0, 0.1) is 11.3 Å². The molecule has 4 nitrogen and oxygen atoms in total. The van der Waals surface area contributed by atoms with Crippen molar-refractivity contribution in [3.8, 4) is 0 Å². The van der Waals surface area contributed by atoms with Crippen molar-refractivity contribution in [2.45, 2.75) is 20.8 Å². The van der Waals surface area contributed by atoms with Gasteiger partial charge < -0.3 is 10.6 Å². The molecule has 0 aliphatic carbocycles. The van der Waals surface area contributed by atoms with Gasteiger partial charge in [-0.2, -0.15) is 0 Å². The van der Waals surface area contributed by atoms with Gasteiger partial charge in [-0.25, -0.2) is 0 Å². The number of rotatable bonds is 1. The molecule has 0 saturated carbocycles. The van der Waals surface area contributed by atoms with Crippen LogP contribution in [-0.2, 0) is 9.59 Å². The summed E-state index contributed by atoms with van der Waals surface area (Å²) in [6.45, 7) is 5.65. The molecule has 0 aromatic rings. The first-order chi connectivity index (χ1) is 5.49. The van der Waals surface area contributed by atoms with Gasteiger partial charge >= 0.3 is 0 Å². The summed E-state index contributed by atoms with van der Waals surface area (Å²) in [6.07, 6.45) is 0. The first kappa shape index (κ1) is 9.03. The van der Waals surface area contributed by atoms with E-state index in [0.29, 0.717) is 0 Å². The van der Waals surface area contributed by atoms with Gasteiger partial charge in [0.15, 0.2) is 0 Å². The van der Waals surface area contributed by atoms with E-state index in [1.54, 1.807) is 6.92 Å². The standard InChI is InChI=1S/C8H14N2O2/c1-5(2)8(3)6(11)9-4-10-7(8)12/h5H,4H2,1-3H3,(H,9,11)(H,10,12). The van der Waals surface area contributed by atoms with Gasteiger partial charge in [0.05, 0.1) is 6.67 Å². The third-order valence-corrected chi connectivity index (χ3v) is 2.60. The van der Waals surface area contributed by atoms with E-state index in [1.165, 1.54) is 0 Å². The normalized spacial score (nSPS) is 22.0. The molecule has 12 heavy (non-hydrogen) atoms. The highest BCUT2D eigenvalue weighted by atomic mass is 16.2. The fourth-order valence-electron chi connectivity index (χ4n) is 1.20. The lowest BCUT2D eigenvalue weighted by molar-refractivity contribution is -0.149. The monoisotopic (exact) mass is 170 g/mol. The molecule has 0 atom stereocenters. The van der Waals surface area contributed by atoms with Gasteiger partial charge in [-0.3, -0.25) is 9.59 Å². The van der Waals surface area contributed by atoms with Crippen LogP contribution in [-0.4, -0.2) is 18.5 Å². The van der Waals surface area contributed by atoms with Gasteiger partial charge in [-0.15, -0.1) is 0 Å². The summed E-state index contributed by atoms with van der Waals surface area (Å²) in [6, 6.07) is 0. The number of hydrogen-bond donors (Lipinski definition) is 2. The van der Waals surface area contributed by atoms with E-state index in [2.05, 4.69) is 10.6 Å². The number of hydrogen-bond acceptors (Lipinski definition) is 2. The van der Waals surface area contributed by atoms with Crippen molar-refractivity contribution in [3.63, 3.8) is 0 Å². The molecule has 1 rings (SSSR count). The highest BCUT2D eigenvalue weighted by molar-refractivity contribution is 6.06. The molecule has 2 N–H and O–H groups in total. The van der Waals surface area contributed by atoms with Crippen molar-refractivity contribution < 1.29 is 9.59 Å². The van der Waals surface area contributed by atoms with Gasteiger partial charge in [0.2, 0.25) is 11.8 Å². The topological polar surface area (TPSA) is 58.2 Å². The molecular weight excluding hydrogens is 156 g/mol. The maximum atomic E-state index is 11.4. The summed E-state index contributed by atoms with van der Waals surface area (Å²) in [5.41, 5.74) is -0.905. The maximum absolute atomic E-state index is 11.4. The van der Waals surface area contributed by atoms with E-state index in [9.17, 15) is 9.59 Å². The first-order valence-electron chi connectivity index (χ1n) is 4.06. The van der Waals surface area contributed by atoms with Gasteiger partial charge in [0.1, 0.15) is 5.41 Å². The van der Waals surface area contributed by atoms with Gasteiger partial charge in [-0.05, 0) is 12.8 Å². The molecule has 0 bridgehead atoms. The lowest BCUT2D eigenvalue weighted by atomic mass is 9.76. The zero-order valence-corrected chi connectivity index (χ0v) is 7.60. The number of amides is 2. The minimum Gasteiger partial charge on any atom is -0.338 e. The molecule has 1 aliphatic rings. The fourth-order valence-corrected chi connectivity index (χ4v) is 1.20. The Kier molecular flexibility index (Phi) is 2.08. The molecule has 1 saturated heterocycles. The Bertz CT molecular complexity index is 207. The van der Waals surface area contributed by atoms with Crippen LogP contribution in [0.5, 0.6) is 0 Å². The van der Waals surface area contributed by atoms with Crippen LogP contribution in [0.1, 0.15) is 20.8 Å². The molecule has 0 spiro atoms. The van der Waals surface area contributed by atoms with Crippen LogP contribution < -0.4 is 10.6 Å². The molecular formula is C8H14N2O2. The average molecular weight is 170 g/mol. The van der Waals surface area contributed by atoms with Crippen LogP contribution in [0.3, 0.4) is 0 Å². The second-order valence-corrected chi connectivity index (χ2v) is 3.55. The van der Waals surface area contributed by atoms with Crippen LogP contribution >= 0.6 is 0 Å². The van der Waals surface area contributed by atoms with E-state index in [0.717, 1.165) is 0 Å². The molecule has 0 unspecified atom stereocenters. The van der Waals surface area contributed by atoms with E-state index >= 15 is 0 Å².